The quantitative estimate of drug-likeness (QED) is 0.234. The molecule has 3 aromatic carbocycles. The number of piperazine rings is 1. The first-order valence-corrected chi connectivity index (χ1v) is 18.6. The Morgan fingerprint density at radius 3 is 1.96 bits per heavy atom. The van der Waals surface area contributed by atoms with Gasteiger partial charge in [0, 0.05) is 61.6 Å². The maximum absolute atomic E-state index is 12.8. The summed E-state index contributed by atoms with van der Waals surface area (Å²) in [5.41, 5.74) is 3.03. The number of rotatable bonds is 9. The number of anilines is 1. The molecule has 46 heavy (non-hydrogen) atoms. The van der Waals surface area contributed by atoms with Crippen LogP contribution in [-0.2, 0) is 35.3 Å². The van der Waals surface area contributed by atoms with Crippen LogP contribution in [0.25, 0.3) is 11.4 Å². The van der Waals surface area contributed by atoms with Crippen molar-refractivity contribution in [3.05, 3.63) is 102 Å². The van der Waals surface area contributed by atoms with Gasteiger partial charge in [0.15, 0.2) is 0 Å². The fraction of sp³-hybridized carbons (Fsp3) is 0.323. The van der Waals surface area contributed by atoms with Crippen LogP contribution in [0.1, 0.15) is 17.0 Å². The standard InChI is InChI=1S/C24H27N5O5S.C7H7ClO2S/c1-18-25-23(26-34-18)20-7-9-21(10-8-20)29-16-22(33-24(29)30)15-27-11-13-28(14-12-27)35(31,32)17-19-5-3-2-4-6-19;8-11(9,10)6-7-4-2-1-3-5-7/h2-10,22H,11-17H2,1H3;1-5H,6H2. The molecule has 2 fully saturated rings. The topological polar surface area (TPSA) is 143 Å². The monoisotopic (exact) mass is 687 g/mol. The summed E-state index contributed by atoms with van der Waals surface area (Å²) in [7, 11) is -1.73. The molecule has 15 heteroatoms. The summed E-state index contributed by atoms with van der Waals surface area (Å²) in [4.78, 5) is 20.5. The molecule has 1 aromatic heterocycles. The maximum atomic E-state index is 12.8. The Balaban J connectivity index is 0.000000322. The van der Waals surface area contributed by atoms with Gasteiger partial charge in [-0.3, -0.25) is 9.80 Å². The third-order valence-corrected chi connectivity index (χ3v) is 10.3. The first-order chi connectivity index (χ1) is 21.9. The number of halogens is 1. The van der Waals surface area contributed by atoms with E-state index in [4.69, 9.17) is 19.9 Å². The van der Waals surface area contributed by atoms with Gasteiger partial charge in [-0.15, -0.1) is 0 Å². The first-order valence-electron chi connectivity index (χ1n) is 14.5. The molecule has 0 spiro atoms. The molecule has 2 saturated heterocycles. The van der Waals surface area contributed by atoms with E-state index in [-0.39, 0.29) is 23.7 Å². The van der Waals surface area contributed by atoms with Crippen molar-refractivity contribution in [2.75, 3.05) is 44.2 Å². The average Bonchev–Trinajstić information content (AvgIpc) is 3.62. The largest absolute Gasteiger partial charge is 0.443 e. The summed E-state index contributed by atoms with van der Waals surface area (Å²) in [6.45, 7) is 4.78. The zero-order valence-corrected chi connectivity index (χ0v) is 27.5. The summed E-state index contributed by atoms with van der Waals surface area (Å²) in [5.74, 6) is 0.898. The lowest BCUT2D eigenvalue weighted by Gasteiger charge is -2.34. The molecule has 1 unspecified atom stereocenters. The second-order valence-corrected chi connectivity index (χ2v) is 15.7. The van der Waals surface area contributed by atoms with Crippen molar-refractivity contribution in [1.82, 2.24) is 19.3 Å². The molecule has 0 N–H and O–H groups in total. The Hall–Kier alpha value is -3.82. The number of hydrogen-bond donors (Lipinski definition) is 0. The van der Waals surface area contributed by atoms with Crippen LogP contribution in [0.4, 0.5) is 10.5 Å². The van der Waals surface area contributed by atoms with E-state index in [0.29, 0.717) is 56.5 Å². The molecule has 2 aliphatic rings. The average molecular weight is 688 g/mol. The van der Waals surface area contributed by atoms with Crippen molar-refractivity contribution in [2.45, 2.75) is 24.5 Å². The number of benzene rings is 3. The predicted octanol–water partition coefficient (Wildman–Crippen LogP) is 4.27. The van der Waals surface area contributed by atoms with Gasteiger partial charge in [0.25, 0.3) is 0 Å². The highest BCUT2D eigenvalue weighted by Gasteiger charge is 2.35. The van der Waals surface area contributed by atoms with E-state index in [1.807, 2.05) is 60.7 Å². The van der Waals surface area contributed by atoms with Crippen LogP contribution in [0.3, 0.4) is 0 Å². The normalized spacial score (nSPS) is 17.7. The SMILES string of the molecule is Cc1nc(-c2ccc(N3CC(CN4CCN(S(=O)(=O)Cc5ccccc5)CC4)OC3=O)cc2)no1.O=S(=O)(Cl)Cc1ccccc1. The Morgan fingerprint density at radius 1 is 0.826 bits per heavy atom. The fourth-order valence-corrected chi connectivity index (χ4v) is 7.65. The fourth-order valence-electron chi connectivity index (χ4n) is 5.16. The van der Waals surface area contributed by atoms with E-state index >= 15 is 0 Å². The van der Waals surface area contributed by atoms with E-state index in [9.17, 15) is 21.6 Å². The molecule has 1 amide bonds. The number of aromatic nitrogens is 2. The molecule has 1 atom stereocenters. The number of ether oxygens (including phenoxy) is 1. The van der Waals surface area contributed by atoms with E-state index in [1.165, 1.54) is 0 Å². The van der Waals surface area contributed by atoms with Crippen LogP contribution in [0.2, 0.25) is 0 Å². The van der Waals surface area contributed by atoms with Crippen molar-refractivity contribution in [1.29, 1.82) is 0 Å². The van der Waals surface area contributed by atoms with Gasteiger partial charge in [-0.2, -0.15) is 9.29 Å². The van der Waals surface area contributed by atoms with Gasteiger partial charge in [-0.1, -0.05) is 65.8 Å². The van der Waals surface area contributed by atoms with E-state index in [0.717, 1.165) is 16.8 Å². The molecule has 0 saturated carbocycles. The highest BCUT2D eigenvalue weighted by molar-refractivity contribution is 8.13. The number of carbonyl (C=O) groups is 1. The summed E-state index contributed by atoms with van der Waals surface area (Å²) in [6, 6.07) is 25.4. The Bertz CT molecular complexity index is 1820. The van der Waals surface area contributed by atoms with Gasteiger partial charge in [0.05, 0.1) is 18.1 Å². The Labute approximate surface area is 273 Å². The lowest BCUT2D eigenvalue weighted by atomic mass is 10.2. The van der Waals surface area contributed by atoms with Gasteiger partial charge in [0.2, 0.25) is 30.8 Å². The third-order valence-electron chi connectivity index (χ3n) is 7.40. The van der Waals surface area contributed by atoms with Crippen LogP contribution < -0.4 is 4.90 Å². The molecule has 0 radical (unpaired) electrons. The summed E-state index contributed by atoms with van der Waals surface area (Å²) in [5, 5.41) is 3.91. The minimum atomic E-state index is -3.40. The number of amides is 1. The molecule has 6 rings (SSSR count). The van der Waals surface area contributed by atoms with Crippen LogP contribution in [-0.4, -0.2) is 87.6 Å². The van der Waals surface area contributed by atoms with Gasteiger partial charge in [0.1, 0.15) is 6.10 Å². The van der Waals surface area contributed by atoms with Gasteiger partial charge in [-0.05, 0) is 35.4 Å². The number of nitrogens with zero attached hydrogens (tertiary/aromatic N) is 5. The van der Waals surface area contributed by atoms with Crippen molar-refractivity contribution in [2.24, 2.45) is 0 Å². The van der Waals surface area contributed by atoms with Crippen molar-refractivity contribution in [3.63, 3.8) is 0 Å². The second-order valence-electron chi connectivity index (χ2n) is 10.9. The number of aryl methyl sites for hydroxylation is 1. The molecule has 4 aromatic rings. The lowest BCUT2D eigenvalue weighted by Crippen LogP contribution is -2.50. The lowest BCUT2D eigenvalue weighted by molar-refractivity contribution is 0.0937. The molecule has 3 heterocycles. The number of carbonyl (C=O) groups excluding carboxylic acids is 1. The number of sulfonamides is 1. The third kappa shape index (κ3) is 9.36. The zero-order chi connectivity index (χ0) is 32.7. The number of cyclic esters (lactones) is 1. The van der Waals surface area contributed by atoms with Crippen LogP contribution in [0.15, 0.2) is 89.5 Å². The van der Waals surface area contributed by atoms with Gasteiger partial charge >= 0.3 is 6.09 Å². The highest BCUT2D eigenvalue weighted by Crippen LogP contribution is 2.26. The minimum absolute atomic E-state index is 0.00809. The van der Waals surface area contributed by atoms with Crippen molar-refractivity contribution in [3.8, 4) is 11.4 Å². The summed E-state index contributed by atoms with van der Waals surface area (Å²) >= 11 is 0. The van der Waals surface area contributed by atoms with Gasteiger partial charge in [-0.25, -0.2) is 21.6 Å². The van der Waals surface area contributed by atoms with E-state index < -0.39 is 19.1 Å². The molecule has 2 aliphatic heterocycles. The Morgan fingerprint density at radius 2 is 1.41 bits per heavy atom. The highest BCUT2D eigenvalue weighted by atomic mass is 35.7. The minimum Gasteiger partial charge on any atom is -0.443 e. The second kappa shape index (κ2) is 14.7. The summed E-state index contributed by atoms with van der Waals surface area (Å²) < 4.78 is 58.9. The predicted molar refractivity (Wildman–Crippen MR) is 174 cm³/mol. The van der Waals surface area contributed by atoms with Gasteiger partial charge < -0.3 is 9.26 Å². The molecule has 0 bridgehead atoms. The molecule has 0 aliphatic carbocycles. The van der Waals surface area contributed by atoms with Crippen LogP contribution >= 0.6 is 10.7 Å². The maximum Gasteiger partial charge on any atom is 0.414 e. The zero-order valence-electron chi connectivity index (χ0n) is 25.1. The Kier molecular flexibility index (Phi) is 10.7. The number of hydrogen-bond acceptors (Lipinski definition) is 10. The first kappa shape index (κ1) is 33.5. The van der Waals surface area contributed by atoms with E-state index in [1.54, 1.807) is 40.4 Å². The van der Waals surface area contributed by atoms with Crippen molar-refractivity contribution >= 4 is 41.5 Å². The molecule has 12 nitrogen and oxygen atoms in total. The smallest absolute Gasteiger partial charge is 0.414 e. The molecular formula is C31H34ClN5O7S2. The molecule has 244 valence electrons. The summed E-state index contributed by atoms with van der Waals surface area (Å²) in [6.07, 6.45) is -0.670. The van der Waals surface area contributed by atoms with Crippen LogP contribution in [0, 0.1) is 6.92 Å². The van der Waals surface area contributed by atoms with E-state index in [2.05, 4.69) is 15.0 Å². The molecular weight excluding hydrogens is 654 g/mol. The van der Waals surface area contributed by atoms with Crippen LogP contribution in [0.5, 0.6) is 0 Å². The van der Waals surface area contributed by atoms with Crippen molar-refractivity contribution < 1.29 is 30.9 Å².